The van der Waals surface area contributed by atoms with E-state index < -0.39 is 6.10 Å². The number of carbonyl (C=O) groups excluding carboxylic acids is 1. The van der Waals surface area contributed by atoms with Gasteiger partial charge in [0.15, 0.2) is 6.10 Å². The predicted octanol–water partition coefficient (Wildman–Crippen LogP) is 3.36. The van der Waals surface area contributed by atoms with Gasteiger partial charge in [0.1, 0.15) is 11.6 Å². The highest BCUT2D eigenvalue weighted by atomic mass is 16.5. The van der Waals surface area contributed by atoms with Crippen LogP contribution in [0.25, 0.3) is 0 Å². The maximum absolute atomic E-state index is 12.4. The summed E-state index contributed by atoms with van der Waals surface area (Å²) in [6.07, 6.45) is 3.88. The molecule has 0 bridgehead atoms. The fraction of sp³-hybridized carbons (Fsp3) is 0.476. The van der Waals surface area contributed by atoms with Crippen molar-refractivity contribution in [2.45, 2.75) is 66.0 Å². The molecule has 1 aliphatic carbocycles. The molecule has 1 atom stereocenters. The summed E-state index contributed by atoms with van der Waals surface area (Å²) in [6.45, 7) is 8.10. The van der Waals surface area contributed by atoms with Crippen molar-refractivity contribution >= 4 is 5.91 Å². The Balaban J connectivity index is 1.61. The Morgan fingerprint density at radius 3 is 2.77 bits per heavy atom. The molecule has 0 saturated carbocycles. The van der Waals surface area contributed by atoms with Crippen molar-refractivity contribution in [1.29, 1.82) is 0 Å². The van der Waals surface area contributed by atoms with Crippen LogP contribution in [0.4, 0.5) is 0 Å². The molecule has 5 heteroatoms. The third-order valence-electron chi connectivity index (χ3n) is 4.87. The average molecular weight is 353 g/mol. The van der Waals surface area contributed by atoms with Crippen LogP contribution in [-0.4, -0.2) is 22.0 Å². The van der Waals surface area contributed by atoms with Crippen LogP contribution in [0.5, 0.6) is 5.75 Å². The highest BCUT2D eigenvalue weighted by Crippen LogP contribution is 2.22. The first kappa shape index (κ1) is 18.4. The number of nitrogens with zero attached hydrogens (tertiary/aromatic N) is 2. The van der Waals surface area contributed by atoms with E-state index in [9.17, 15) is 4.79 Å². The summed E-state index contributed by atoms with van der Waals surface area (Å²) in [5.41, 5.74) is 5.60. The Bertz CT molecular complexity index is 817. The zero-order valence-electron chi connectivity index (χ0n) is 16.1. The van der Waals surface area contributed by atoms with Gasteiger partial charge in [-0.15, -0.1) is 0 Å². The molecule has 1 aromatic heterocycles. The van der Waals surface area contributed by atoms with E-state index in [1.165, 1.54) is 18.4 Å². The molecule has 138 valence electrons. The lowest BCUT2D eigenvalue weighted by atomic mass is 9.95. The van der Waals surface area contributed by atoms with Crippen molar-refractivity contribution in [2.75, 3.05) is 0 Å². The maximum Gasteiger partial charge on any atom is 0.261 e. The molecule has 26 heavy (non-hydrogen) atoms. The predicted molar refractivity (Wildman–Crippen MR) is 101 cm³/mol. The molecular formula is C21H27N3O2. The monoisotopic (exact) mass is 353 g/mol. The molecule has 0 unspecified atom stereocenters. The van der Waals surface area contributed by atoms with E-state index in [0.29, 0.717) is 12.4 Å². The number of aromatic nitrogens is 2. The van der Waals surface area contributed by atoms with Gasteiger partial charge in [0.25, 0.3) is 5.91 Å². The molecule has 0 saturated heterocycles. The number of benzene rings is 1. The van der Waals surface area contributed by atoms with Crippen molar-refractivity contribution in [3.63, 3.8) is 0 Å². The molecule has 0 aliphatic heterocycles. The van der Waals surface area contributed by atoms with Gasteiger partial charge in [-0.3, -0.25) is 4.79 Å². The number of rotatable bonds is 5. The summed E-state index contributed by atoms with van der Waals surface area (Å²) < 4.78 is 5.84. The smallest absolute Gasteiger partial charge is 0.261 e. The molecule has 0 radical (unpaired) electrons. The van der Waals surface area contributed by atoms with E-state index in [0.717, 1.165) is 41.1 Å². The first-order valence-electron chi connectivity index (χ1n) is 9.31. The van der Waals surface area contributed by atoms with Gasteiger partial charge in [-0.2, -0.15) is 0 Å². The zero-order valence-corrected chi connectivity index (χ0v) is 16.1. The van der Waals surface area contributed by atoms with E-state index in [1.54, 1.807) is 6.92 Å². The van der Waals surface area contributed by atoms with Gasteiger partial charge in [0, 0.05) is 11.4 Å². The Hall–Kier alpha value is -2.43. The number of carbonyl (C=O) groups is 1. The Labute approximate surface area is 155 Å². The molecule has 1 aromatic carbocycles. The van der Waals surface area contributed by atoms with Gasteiger partial charge < -0.3 is 10.1 Å². The quantitative estimate of drug-likeness (QED) is 0.895. The Kier molecular flexibility index (Phi) is 5.55. The van der Waals surface area contributed by atoms with Crippen LogP contribution in [0, 0.1) is 20.8 Å². The first-order valence-corrected chi connectivity index (χ1v) is 9.31. The first-order chi connectivity index (χ1) is 12.4. The molecule has 1 N–H and O–H groups in total. The molecule has 1 heterocycles. The number of hydrogen-bond acceptors (Lipinski definition) is 4. The van der Waals surface area contributed by atoms with Crippen molar-refractivity contribution in [2.24, 2.45) is 0 Å². The number of hydrogen-bond donors (Lipinski definition) is 1. The van der Waals surface area contributed by atoms with Crippen molar-refractivity contribution in [3.05, 3.63) is 52.1 Å². The normalized spacial score (nSPS) is 14.5. The third kappa shape index (κ3) is 4.21. The number of amides is 1. The number of nitrogens with one attached hydrogen (secondary N) is 1. The molecule has 5 nitrogen and oxygen atoms in total. The highest BCUT2D eigenvalue weighted by Gasteiger charge is 2.18. The molecular weight excluding hydrogens is 326 g/mol. The number of ether oxygens (including phenoxy) is 1. The van der Waals surface area contributed by atoms with E-state index >= 15 is 0 Å². The van der Waals surface area contributed by atoms with Crippen LogP contribution in [-0.2, 0) is 24.2 Å². The van der Waals surface area contributed by atoms with Crippen LogP contribution in [0.2, 0.25) is 0 Å². The standard InChI is InChI=1S/C21H27N3O2/c1-13-9-10-14(2)19(11-13)26-16(4)21(25)22-12-20-23-15(3)17-7-5-6-8-18(17)24-20/h9-11,16H,5-8,12H2,1-4H3,(H,22,25)/t16-/m1/s1. The Morgan fingerprint density at radius 1 is 1.19 bits per heavy atom. The number of aryl methyl sites for hydroxylation is 4. The molecule has 0 spiro atoms. The second-order valence-corrected chi connectivity index (χ2v) is 7.10. The summed E-state index contributed by atoms with van der Waals surface area (Å²) in [5.74, 6) is 1.26. The molecule has 2 aromatic rings. The summed E-state index contributed by atoms with van der Waals surface area (Å²) in [7, 11) is 0. The third-order valence-corrected chi connectivity index (χ3v) is 4.87. The van der Waals surface area contributed by atoms with Gasteiger partial charge in [0.05, 0.1) is 6.54 Å². The summed E-state index contributed by atoms with van der Waals surface area (Å²) in [4.78, 5) is 21.6. The van der Waals surface area contributed by atoms with Crippen LogP contribution in [0.15, 0.2) is 18.2 Å². The summed E-state index contributed by atoms with van der Waals surface area (Å²) >= 11 is 0. The number of fused-ring (bicyclic) bond motifs is 1. The fourth-order valence-corrected chi connectivity index (χ4v) is 3.31. The van der Waals surface area contributed by atoms with Gasteiger partial charge in [0.2, 0.25) is 0 Å². The van der Waals surface area contributed by atoms with E-state index in [4.69, 9.17) is 4.74 Å². The lowest BCUT2D eigenvalue weighted by Gasteiger charge is -2.19. The lowest BCUT2D eigenvalue weighted by molar-refractivity contribution is -0.127. The van der Waals surface area contributed by atoms with Crippen molar-refractivity contribution < 1.29 is 9.53 Å². The Morgan fingerprint density at radius 2 is 1.96 bits per heavy atom. The van der Waals surface area contributed by atoms with E-state index in [1.807, 2.05) is 39.0 Å². The van der Waals surface area contributed by atoms with Crippen molar-refractivity contribution in [3.8, 4) is 5.75 Å². The minimum Gasteiger partial charge on any atom is -0.481 e. The summed E-state index contributed by atoms with van der Waals surface area (Å²) in [5, 5.41) is 2.90. The van der Waals surface area contributed by atoms with Crippen LogP contribution < -0.4 is 10.1 Å². The highest BCUT2D eigenvalue weighted by molar-refractivity contribution is 5.80. The minimum atomic E-state index is -0.575. The van der Waals surface area contributed by atoms with Gasteiger partial charge in [-0.25, -0.2) is 9.97 Å². The lowest BCUT2D eigenvalue weighted by Crippen LogP contribution is -2.36. The van der Waals surface area contributed by atoms with Gasteiger partial charge >= 0.3 is 0 Å². The van der Waals surface area contributed by atoms with Crippen LogP contribution >= 0.6 is 0 Å². The molecule has 1 amide bonds. The van der Waals surface area contributed by atoms with E-state index in [2.05, 4.69) is 15.3 Å². The van der Waals surface area contributed by atoms with E-state index in [-0.39, 0.29) is 5.91 Å². The second kappa shape index (κ2) is 7.85. The van der Waals surface area contributed by atoms with Gasteiger partial charge in [-0.05, 0) is 76.1 Å². The average Bonchev–Trinajstić information content (AvgIpc) is 2.62. The summed E-state index contributed by atoms with van der Waals surface area (Å²) in [6, 6.07) is 5.98. The molecule has 1 aliphatic rings. The fourth-order valence-electron chi connectivity index (χ4n) is 3.31. The molecule has 0 fully saturated rings. The van der Waals surface area contributed by atoms with Crippen LogP contribution in [0.3, 0.4) is 0 Å². The minimum absolute atomic E-state index is 0.162. The second-order valence-electron chi connectivity index (χ2n) is 7.10. The maximum atomic E-state index is 12.4. The van der Waals surface area contributed by atoms with Gasteiger partial charge in [-0.1, -0.05) is 12.1 Å². The van der Waals surface area contributed by atoms with Crippen molar-refractivity contribution in [1.82, 2.24) is 15.3 Å². The zero-order chi connectivity index (χ0) is 18.7. The topological polar surface area (TPSA) is 64.1 Å². The molecule has 3 rings (SSSR count). The van der Waals surface area contributed by atoms with Crippen LogP contribution in [0.1, 0.15) is 53.7 Å². The SMILES string of the molecule is Cc1ccc(C)c(O[C@H](C)C(=O)NCc2nc(C)c3c(n2)CCCC3)c1. The largest absolute Gasteiger partial charge is 0.481 e.